The Morgan fingerprint density at radius 1 is 0.727 bits per heavy atom. The number of thioether (sulfide) groups is 1. The van der Waals surface area contributed by atoms with Crippen molar-refractivity contribution in [2.45, 2.75) is 30.5 Å². The number of carbonyl (C=O) groups is 2. The van der Waals surface area contributed by atoms with Crippen LogP contribution in [0.1, 0.15) is 24.3 Å². The summed E-state index contributed by atoms with van der Waals surface area (Å²) in [5, 5.41) is -0.706. The van der Waals surface area contributed by atoms with Gasteiger partial charge < -0.3 is 58.3 Å². The Morgan fingerprint density at radius 2 is 1.25 bits per heavy atom. The third kappa shape index (κ3) is 14.8. The van der Waals surface area contributed by atoms with Gasteiger partial charge in [-0.15, -0.1) is 0 Å². The molecule has 0 aliphatic rings. The summed E-state index contributed by atoms with van der Waals surface area (Å²) >= 11 is 18.4. The molecule has 0 aliphatic heterocycles. The van der Waals surface area contributed by atoms with Gasteiger partial charge in [0.05, 0.1) is 12.3 Å². The zero-order chi connectivity index (χ0) is 42.2. The highest BCUT2D eigenvalue weighted by molar-refractivity contribution is 7.98. The van der Waals surface area contributed by atoms with E-state index in [9.17, 15) is 38.4 Å². The molecular formula is C26H34ClN15O9S4. The highest BCUT2D eigenvalue weighted by Crippen LogP contribution is 2.07. The van der Waals surface area contributed by atoms with E-state index in [-0.39, 0.29) is 56.8 Å². The summed E-state index contributed by atoms with van der Waals surface area (Å²) < 4.78 is 4.36. The molecule has 0 amide bonds. The fourth-order valence-corrected chi connectivity index (χ4v) is 4.08. The first kappa shape index (κ1) is 47.2. The zero-order valence-corrected chi connectivity index (χ0v) is 32.8. The van der Waals surface area contributed by atoms with Crippen LogP contribution in [0.4, 0.5) is 28.7 Å². The van der Waals surface area contributed by atoms with Crippen LogP contribution in [0, 0.1) is 11.7 Å². The van der Waals surface area contributed by atoms with Gasteiger partial charge in [0.1, 0.15) is 34.5 Å². The number of aromatic nitrogens is 10. The molecule has 0 fully saturated rings. The maximum absolute atomic E-state index is 11.4. The van der Waals surface area contributed by atoms with Gasteiger partial charge in [0.25, 0.3) is 22.2 Å². The number of nitrogens with one attached hydrogen (secondary N) is 7. The summed E-state index contributed by atoms with van der Waals surface area (Å²) in [7, 11) is 0. The molecule has 5 aromatic heterocycles. The SMILES string of the molecule is CCOC(=O)C(=O)Cl.CSc1nc2[nH]c(=O)c(=O)[nH]c2c(=O)[nH]1.Cc1nc(CS)[nH]c(=O)c1N.Nc1[nH]c(=S)[nH]c(=O)c1N.Nc1nc(CS)[nH]c(=O)c1N. The number of anilines is 5. The normalized spacial score (nSPS) is 9.85. The number of nitrogen functional groups attached to an aromatic ring is 5. The van der Waals surface area contributed by atoms with Crippen molar-refractivity contribution < 1.29 is 14.3 Å². The molecule has 17 N–H and O–H groups in total. The predicted octanol–water partition coefficient (Wildman–Crippen LogP) is -1.61. The van der Waals surface area contributed by atoms with Crippen LogP contribution in [0.25, 0.3) is 11.2 Å². The number of halogens is 1. The molecule has 0 spiro atoms. The van der Waals surface area contributed by atoms with Gasteiger partial charge in [-0.1, -0.05) is 11.8 Å². The van der Waals surface area contributed by atoms with E-state index in [1.54, 1.807) is 20.1 Å². The molecular weight excluding hydrogens is 830 g/mol. The van der Waals surface area contributed by atoms with E-state index < -0.39 is 39.0 Å². The first-order valence-corrected chi connectivity index (χ1v) is 17.7. The lowest BCUT2D eigenvalue weighted by Gasteiger charge is -1.99. The van der Waals surface area contributed by atoms with Crippen LogP contribution < -0.4 is 62.0 Å². The molecule has 0 saturated carbocycles. The van der Waals surface area contributed by atoms with Crippen LogP contribution in [0.3, 0.4) is 0 Å². The number of ether oxygens (including phenoxy) is 1. The molecule has 0 unspecified atom stereocenters. The summed E-state index contributed by atoms with van der Waals surface area (Å²) in [6.45, 7) is 3.46. The zero-order valence-electron chi connectivity index (χ0n) is 28.6. The van der Waals surface area contributed by atoms with Crippen molar-refractivity contribution in [2.75, 3.05) is 41.5 Å². The number of carbonyl (C=O) groups excluding carboxylic acids is 2. The van der Waals surface area contributed by atoms with Crippen LogP contribution in [0.5, 0.6) is 0 Å². The van der Waals surface area contributed by atoms with Gasteiger partial charge >= 0.3 is 22.3 Å². The van der Waals surface area contributed by atoms with E-state index in [4.69, 9.17) is 40.3 Å². The van der Waals surface area contributed by atoms with Crippen LogP contribution in [-0.2, 0) is 25.8 Å². The third-order valence-electron chi connectivity index (χ3n) is 5.74. The molecule has 0 aromatic carbocycles. The van der Waals surface area contributed by atoms with E-state index in [1.807, 2.05) is 0 Å². The summed E-state index contributed by atoms with van der Waals surface area (Å²) in [5.74, 6) is 0.881. The number of rotatable bonds is 5. The lowest BCUT2D eigenvalue weighted by molar-refractivity contribution is -0.149. The molecule has 0 atom stereocenters. The van der Waals surface area contributed by atoms with Gasteiger partial charge in [-0.2, -0.15) is 25.3 Å². The molecule has 0 aliphatic carbocycles. The van der Waals surface area contributed by atoms with Crippen molar-refractivity contribution in [3.05, 3.63) is 84.2 Å². The molecule has 5 aromatic rings. The number of hydrogen-bond acceptors (Lipinski definition) is 21. The van der Waals surface area contributed by atoms with Crippen molar-refractivity contribution in [3.8, 4) is 0 Å². The van der Waals surface area contributed by atoms with E-state index in [0.717, 1.165) is 0 Å². The van der Waals surface area contributed by atoms with Crippen LogP contribution >= 0.6 is 60.8 Å². The fourth-order valence-electron chi connectivity index (χ4n) is 3.14. The van der Waals surface area contributed by atoms with Gasteiger partial charge in [-0.25, -0.2) is 19.7 Å². The standard InChI is InChI=1S/C7H6N4O3S.C6H9N3OS.C5H8N4OS.C4H5ClO3.C4H6N4OS/c1-15-7-10-3-2(4(12)11-7)8-5(13)6(14)9-3;1-3-5(7)6(10)9-4(2-11)8-3;6-3-4(7)8-2(1-11)9-5(3)10;1-2-8-4(7)3(5)6;5-1-2(6)7-4(10)8-3(1)9/h1H3,(H,8,13)(H2,9,10,11,12,14);11H,2,7H2,1H3,(H,8,9,10);11H,1,6H2,(H3,7,8,9,10);2H2,1H3;5H2,(H4,6,7,8,9,10). The molecule has 55 heavy (non-hydrogen) atoms. The van der Waals surface area contributed by atoms with Crippen LogP contribution in [-0.4, -0.2) is 73.9 Å². The van der Waals surface area contributed by atoms with E-state index >= 15 is 0 Å². The maximum atomic E-state index is 11.4. The lowest BCUT2D eigenvalue weighted by Crippen LogP contribution is -2.31. The number of thiol groups is 2. The van der Waals surface area contributed by atoms with Crippen molar-refractivity contribution in [2.24, 2.45) is 0 Å². The third-order valence-corrected chi connectivity index (χ3v) is 7.28. The highest BCUT2D eigenvalue weighted by Gasteiger charge is 2.09. The molecule has 5 heterocycles. The van der Waals surface area contributed by atoms with Crippen LogP contribution in [0.15, 0.2) is 33.9 Å². The smallest absolute Gasteiger partial charge is 0.391 e. The number of aryl methyl sites for hydroxylation is 1. The Bertz CT molecular complexity index is 2500. The van der Waals surface area contributed by atoms with Gasteiger partial charge in [0.15, 0.2) is 26.9 Å². The van der Waals surface area contributed by atoms with Crippen molar-refractivity contribution in [1.82, 2.24) is 49.8 Å². The molecule has 0 bridgehead atoms. The second kappa shape index (κ2) is 22.4. The van der Waals surface area contributed by atoms with Gasteiger partial charge in [0.2, 0.25) is 0 Å². The number of fused-ring (bicyclic) bond motifs is 1. The summed E-state index contributed by atoms with van der Waals surface area (Å²) in [6, 6.07) is 0. The Labute approximate surface area is 331 Å². The number of aromatic amines is 7. The van der Waals surface area contributed by atoms with Gasteiger partial charge in [-0.05, 0) is 43.9 Å². The molecule has 298 valence electrons. The lowest BCUT2D eigenvalue weighted by atomic mass is 10.4. The average molecular weight is 864 g/mol. The highest BCUT2D eigenvalue weighted by atomic mass is 35.5. The summed E-state index contributed by atoms with van der Waals surface area (Å²) in [4.78, 5) is 114. The first-order valence-electron chi connectivity index (χ1n) is 14.5. The minimum absolute atomic E-state index is 0.0302. The first-order chi connectivity index (χ1) is 25.7. The van der Waals surface area contributed by atoms with E-state index in [0.29, 0.717) is 34.0 Å². The van der Waals surface area contributed by atoms with Gasteiger partial charge in [0, 0.05) is 11.5 Å². The van der Waals surface area contributed by atoms with Crippen molar-refractivity contribution in [3.63, 3.8) is 0 Å². The van der Waals surface area contributed by atoms with Crippen LogP contribution in [0.2, 0.25) is 0 Å². The predicted molar refractivity (Wildman–Crippen MR) is 217 cm³/mol. The fraction of sp³-hybridized carbons (Fsp3) is 0.231. The van der Waals surface area contributed by atoms with E-state index in [2.05, 4.69) is 92.1 Å². The molecule has 24 nitrogen and oxygen atoms in total. The number of esters is 1. The minimum atomic E-state index is -1.08. The molecule has 29 heteroatoms. The van der Waals surface area contributed by atoms with Crippen molar-refractivity contribution >= 4 is 112 Å². The minimum Gasteiger partial charge on any atom is -0.459 e. The Kier molecular flexibility index (Phi) is 19.2. The molecule has 0 radical (unpaired) electrons. The Hall–Kier alpha value is -5.84. The second-order valence-corrected chi connectivity index (χ2v) is 11.8. The summed E-state index contributed by atoms with van der Waals surface area (Å²) in [6.07, 6.45) is 1.73. The molecule has 5 rings (SSSR count). The van der Waals surface area contributed by atoms with Gasteiger partial charge in [-0.3, -0.25) is 43.5 Å². The monoisotopic (exact) mass is 863 g/mol. The molecule has 0 saturated heterocycles. The number of nitrogens with two attached hydrogens (primary N) is 5. The number of nitrogens with zero attached hydrogens (tertiary/aromatic N) is 3. The topological polar surface area (TPSA) is 425 Å². The summed E-state index contributed by atoms with van der Waals surface area (Å²) in [5.41, 5.74) is 23.7. The largest absolute Gasteiger partial charge is 0.459 e. The Balaban J connectivity index is 0.000000350. The maximum Gasteiger partial charge on any atom is 0.391 e. The second-order valence-electron chi connectivity index (χ2n) is 9.58. The van der Waals surface area contributed by atoms with Crippen molar-refractivity contribution in [1.29, 1.82) is 0 Å². The Morgan fingerprint density at radius 3 is 1.71 bits per heavy atom. The van der Waals surface area contributed by atoms with E-state index in [1.165, 1.54) is 11.8 Å². The quantitative estimate of drug-likeness (QED) is 0.0180. The average Bonchev–Trinajstić information content (AvgIpc) is 3.13. The number of hydrogen-bond donors (Lipinski definition) is 14. The number of H-pyrrole nitrogens is 7.